The van der Waals surface area contributed by atoms with E-state index in [1.54, 1.807) is 6.92 Å². The van der Waals surface area contributed by atoms with Crippen molar-refractivity contribution < 1.29 is 9.90 Å². The summed E-state index contributed by atoms with van der Waals surface area (Å²) in [6.07, 6.45) is 0.722. The standard InChI is InChI=1S/C9H20N2O2/c1-4-9(3,13)7-10-5-6-11-8(2)12/h10,13H,4-7H2,1-3H3,(H,11,12). The van der Waals surface area contributed by atoms with Gasteiger partial charge >= 0.3 is 0 Å². The van der Waals surface area contributed by atoms with Crippen molar-refractivity contribution in [3.8, 4) is 0 Å². The van der Waals surface area contributed by atoms with Gasteiger partial charge in [-0.25, -0.2) is 0 Å². The average molecular weight is 188 g/mol. The number of aliphatic hydroxyl groups is 1. The Morgan fingerprint density at radius 1 is 1.46 bits per heavy atom. The molecule has 0 aromatic carbocycles. The highest BCUT2D eigenvalue weighted by atomic mass is 16.3. The van der Waals surface area contributed by atoms with Crippen molar-refractivity contribution in [3.63, 3.8) is 0 Å². The van der Waals surface area contributed by atoms with Crippen LogP contribution in [0.2, 0.25) is 0 Å². The maximum atomic E-state index is 10.5. The first-order valence-electron chi connectivity index (χ1n) is 4.65. The number of nitrogens with one attached hydrogen (secondary N) is 2. The van der Waals surface area contributed by atoms with Crippen LogP contribution in [0.3, 0.4) is 0 Å². The predicted octanol–water partition coefficient (Wildman–Crippen LogP) is -0.127. The van der Waals surface area contributed by atoms with E-state index < -0.39 is 5.60 Å². The van der Waals surface area contributed by atoms with Crippen molar-refractivity contribution in [1.29, 1.82) is 0 Å². The van der Waals surface area contributed by atoms with Crippen LogP contribution in [-0.4, -0.2) is 36.2 Å². The minimum absolute atomic E-state index is 0.0240. The molecule has 0 fully saturated rings. The van der Waals surface area contributed by atoms with Crippen LogP contribution in [0.25, 0.3) is 0 Å². The molecule has 0 aromatic rings. The largest absolute Gasteiger partial charge is 0.389 e. The molecule has 0 bridgehead atoms. The number of carbonyl (C=O) groups excluding carboxylic acids is 1. The lowest BCUT2D eigenvalue weighted by atomic mass is 10.0. The molecule has 0 saturated heterocycles. The SMILES string of the molecule is CCC(C)(O)CNCCNC(C)=O. The van der Waals surface area contributed by atoms with Crippen LogP contribution in [0.1, 0.15) is 27.2 Å². The summed E-state index contributed by atoms with van der Waals surface area (Å²) in [5, 5.41) is 15.3. The second-order valence-corrected chi connectivity index (χ2v) is 3.51. The Morgan fingerprint density at radius 2 is 2.08 bits per heavy atom. The van der Waals surface area contributed by atoms with Gasteiger partial charge in [-0.05, 0) is 13.3 Å². The predicted molar refractivity (Wildman–Crippen MR) is 52.5 cm³/mol. The molecule has 0 aliphatic heterocycles. The molecule has 0 saturated carbocycles. The molecule has 13 heavy (non-hydrogen) atoms. The third kappa shape index (κ3) is 7.74. The number of carbonyl (C=O) groups is 1. The summed E-state index contributed by atoms with van der Waals surface area (Å²) in [5.74, 6) is -0.0240. The molecule has 0 spiro atoms. The van der Waals surface area contributed by atoms with Crippen LogP contribution in [-0.2, 0) is 4.79 Å². The summed E-state index contributed by atoms with van der Waals surface area (Å²) in [6.45, 7) is 7.07. The molecule has 4 heteroatoms. The highest BCUT2D eigenvalue weighted by Crippen LogP contribution is 2.05. The van der Waals surface area contributed by atoms with Gasteiger partial charge in [-0.1, -0.05) is 6.92 Å². The first-order valence-corrected chi connectivity index (χ1v) is 4.65. The van der Waals surface area contributed by atoms with E-state index in [4.69, 9.17) is 0 Å². The Morgan fingerprint density at radius 3 is 2.54 bits per heavy atom. The summed E-state index contributed by atoms with van der Waals surface area (Å²) in [6, 6.07) is 0. The van der Waals surface area contributed by atoms with Gasteiger partial charge in [-0.2, -0.15) is 0 Å². The van der Waals surface area contributed by atoms with Crippen molar-refractivity contribution in [2.75, 3.05) is 19.6 Å². The van der Waals surface area contributed by atoms with E-state index >= 15 is 0 Å². The third-order valence-electron chi connectivity index (χ3n) is 1.94. The van der Waals surface area contributed by atoms with Gasteiger partial charge in [0.2, 0.25) is 5.91 Å². The number of rotatable bonds is 6. The Balaban J connectivity index is 3.30. The van der Waals surface area contributed by atoms with Crippen molar-refractivity contribution in [2.45, 2.75) is 32.8 Å². The molecule has 1 amide bonds. The lowest BCUT2D eigenvalue weighted by Crippen LogP contribution is -2.40. The Labute approximate surface area is 79.7 Å². The fourth-order valence-corrected chi connectivity index (χ4v) is 0.810. The summed E-state index contributed by atoms with van der Waals surface area (Å²) in [5.41, 5.74) is -0.643. The Bertz CT molecular complexity index is 158. The number of hydrogen-bond acceptors (Lipinski definition) is 3. The molecule has 3 N–H and O–H groups in total. The van der Waals surface area contributed by atoms with Gasteiger partial charge in [0.1, 0.15) is 0 Å². The fraction of sp³-hybridized carbons (Fsp3) is 0.889. The molecule has 0 radical (unpaired) electrons. The molecular weight excluding hydrogens is 168 g/mol. The van der Waals surface area contributed by atoms with Crippen LogP contribution in [0.4, 0.5) is 0 Å². The second kappa shape index (κ2) is 5.94. The zero-order chi connectivity index (χ0) is 10.3. The quantitative estimate of drug-likeness (QED) is 0.509. The summed E-state index contributed by atoms with van der Waals surface area (Å²) < 4.78 is 0. The van der Waals surface area contributed by atoms with Gasteiger partial charge in [0, 0.05) is 26.6 Å². The molecular formula is C9H20N2O2. The molecule has 1 atom stereocenters. The summed E-state index contributed by atoms with van der Waals surface area (Å²) >= 11 is 0. The van der Waals surface area contributed by atoms with E-state index in [-0.39, 0.29) is 5.91 Å². The van der Waals surface area contributed by atoms with Crippen LogP contribution in [0.15, 0.2) is 0 Å². The minimum Gasteiger partial charge on any atom is -0.389 e. The summed E-state index contributed by atoms with van der Waals surface area (Å²) in [7, 11) is 0. The molecule has 4 nitrogen and oxygen atoms in total. The zero-order valence-corrected chi connectivity index (χ0v) is 8.68. The lowest BCUT2D eigenvalue weighted by Gasteiger charge is -2.21. The average Bonchev–Trinajstić information content (AvgIpc) is 2.03. The molecule has 0 heterocycles. The minimum atomic E-state index is -0.643. The molecule has 78 valence electrons. The monoisotopic (exact) mass is 188 g/mol. The van der Waals surface area contributed by atoms with Gasteiger partial charge in [0.15, 0.2) is 0 Å². The van der Waals surface area contributed by atoms with Gasteiger partial charge in [-0.15, -0.1) is 0 Å². The van der Waals surface area contributed by atoms with E-state index in [1.165, 1.54) is 6.92 Å². The van der Waals surface area contributed by atoms with Crippen LogP contribution in [0, 0.1) is 0 Å². The normalized spacial score (nSPS) is 15.1. The lowest BCUT2D eigenvalue weighted by molar-refractivity contribution is -0.118. The van der Waals surface area contributed by atoms with Crippen molar-refractivity contribution in [3.05, 3.63) is 0 Å². The molecule has 0 aliphatic rings. The zero-order valence-electron chi connectivity index (χ0n) is 8.68. The first-order chi connectivity index (χ1) is 5.98. The van der Waals surface area contributed by atoms with E-state index in [9.17, 15) is 9.90 Å². The maximum Gasteiger partial charge on any atom is 0.216 e. The summed E-state index contributed by atoms with van der Waals surface area (Å²) in [4.78, 5) is 10.5. The highest BCUT2D eigenvalue weighted by Gasteiger charge is 2.15. The first kappa shape index (κ1) is 12.4. The van der Waals surface area contributed by atoms with Gasteiger partial charge in [0.25, 0.3) is 0 Å². The van der Waals surface area contributed by atoms with E-state index in [0.717, 1.165) is 6.42 Å². The fourth-order valence-electron chi connectivity index (χ4n) is 0.810. The van der Waals surface area contributed by atoms with E-state index in [2.05, 4.69) is 10.6 Å². The molecule has 0 rings (SSSR count). The maximum absolute atomic E-state index is 10.5. The second-order valence-electron chi connectivity index (χ2n) is 3.51. The van der Waals surface area contributed by atoms with Crippen molar-refractivity contribution in [2.24, 2.45) is 0 Å². The van der Waals surface area contributed by atoms with Gasteiger partial charge < -0.3 is 15.7 Å². The van der Waals surface area contributed by atoms with Crippen molar-refractivity contribution >= 4 is 5.91 Å². The molecule has 1 unspecified atom stereocenters. The highest BCUT2D eigenvalue weighted by molar-refractivity contribution is 5.72. The Hall–Kier alpha value is -0.610. The number of amides is 1. The smallest absolute Gasteiger partial charge is 0.216 e. The van der Waals surface area contributed by atoms with Crippen LogP contribution in [0.5, 0.6) is 0 Å². The van der Waals surface area contributed by atoms with Crippen LogP contribution >= 0.6 is 0 Å². The van der Waals surface area contributed by atoms with Crippen LogP contribution < -0.4 is 10.6 Å². The Kier molecular flexibility index (Phi) is 5.66. The van der Waals surface area contributed by atoms with E-state index in [1.807, 2.05) is 6.92 Å². The van der Waals surface area contributed by atoms with E-state index in [0.29, 0.717) is 19.6 Å². The van der Waals surface area contributed by atoms with Gasteiger partial charge in [-0.3, -0.25) is 4.79 Å². The topological polar surface area (TPSA) is 61.4 Å². The molecule has 0 aromatic heterocycles. The number of hydrogen-bond donors (Lipinski definition) is 3. The van der Waals surface area contributed by atoms with Crippen molar-refractivity contribution in [1.82, 2.24) is 10.6 Å². The third-order valence-corrected chi connectivity index (χ3v) is 1.94. The molecule has 0 aliphatic carbocycles. The van der Waals surface area contributed by atoms with Gasteiger partial charge in [0.05, 0.1) is 5.60 Å².